The Morgan fingerprint density at radius 1 is 0.422 bits per heavy atom. The standard InChI is InChI=1S/C42H28N2S/c1-2-13-30(14-3-1)43(40-23-12-19-36-35-18-7-11-24-41(35)45-42(36)40)31-27-25-29(26-28-31)32-15-4-8-20-37(32)44-38-21-9-5-16-33(38)34-17-6-10-22-39(34)44/h1-28H. The van der Waals surface area contributed by atoms with Gasteiger partial charge in [0.25, 0.3) is 0 Å². The summed E-state index contributed by atoms with van der Waals surface area (Å²) in [6.45, 7) is 0. The van der Waals surface area contributed by atoms with Crippen LogP contribution in [0.2, 0.25) is 0 Å². The van der Waals surface area contributed by atoms with Gasteiger partial charge in [-0.1, -0.05) is 115 Å². The molecule has 2 nitrogen and oxygen atoms in total. The van der Waals surface area contributed by atoms with E-state index in [1.165, 1.54) is 64.5 Å². The Balaban J connectivity index is 1.20. The zero-order valence-electron chi connectivity index (χ0n) is 24.5. The van der Waals surface area contributed by atoms with Crippen molar-refractivity contribution in [1.82, 2.24) is 4.57 Å². The predicted octanol–water partition coefficient (Wildman–Crippen LogP) is 12.3. The fourth-order valence-electron chi connectivity index (χ4n) is 6.80. The average Bonchev–Trinajstić information content (AvgIpc) is 3.66. The van der Waals surface area contributed by atoms with E-state index in [1.807, 2.05) is 11.3 Å². The lowest BCUT2D eigenvalue weighted by Crippen LogP contribution is -2.09. The molecule has 0 bridgehead atoms. The highest BCUT2D eigenvalue weighted by Gasteiger charge is 2.19. The summed E-state index contributed by atoms with van der Waals surface area (Å²) in [6.07, 6.45) is 0. The van der Waals surface area contributed by atoms with E-state index in [1.54, 1.807) is 0 Å². The molecule has 0 fully saturated rings. The molecular weight excluding hydrogens is 565 g/mol. The van der Waals surface area contributed by atoms with E-state index in [0.717, 1.165) is 11.4 Å². The van der Waals surface area contributed by atoms with E-state index in [0.29, 0.717) is 0 Å². The van der Waals surface area contributed by atoms with Crippen molar-refractivity contribution in [2.24, 2.45) is 0 Å². The number of aromatic nitrogens is 1. The van der Waals surface area contributed by atoms with Crippen molar-refractivity contribution in [2.45, 2.75) is 0 Å². The van der Waals surface area contributed by atoms with Crippen molar-refractivity contribution >= 4 is 70.4 Å². The topological polar surface area (TPSA) is 8.17 Å². The molecule has 2 aromatic heterocycles. The van der Waals surface area contributed by atoms with Gasteiger partial charge in [0, 0.05) is 43.2 Å². The SMILES string of the molecule is c1ccc(N(c2ccc(-c3ccccc3-n3c4ccccc4c4ccccc43)cc2)c2cccc3c2sc2ccccc23)cc1. The maximum atomic E-state index is 2.41. The smallest absolute Gasteiger partial charge is 0.0640 e. The molecule has 0 N–H and O–H groups in total. The lowest BCUT2D eigenvalue weighted by atomic mass is 10.0. The third kappa shape index (κ3) is 4.16. The third-order valence-electron chi connectivity index (χ3n) is 8.80. The molecule has 0 unspecified atom stereocenters. The van der Waals surface area contributed by atoms with Crippen LogP contribution in [0, 0.1) is 0 Å². The van der Waals surface area contributed by atoms with Gasteiger partial charge in [-0.2, -0.15) is 0 Å². The Kier molecular flexibility index (Phi) is 6.03. The molecule has 9 rings (SSSR count). The third-order valence-corrected chi connectivity index (χ3v) is 10.0. The van der Waals surface area contributed by atoms with Crippen LogP contribution in [0.15, 0.2) is 170 Å². The summed E-state index contributed by atoms with van der Waals surface area (Å²) in [7, 11) is 0. The van der Waals surface area contributed by atoms with E-state index in [9.17, 15) is 0 Å². The van der Waals surface area contributed by atoms with Crippen LogP contribution >= 0.6 is 11.3 Å². The number of para-hydroxylation sites is 4. The first-order valence-corrected chi connectivity index (χ1v) is 16.1. The van der Waals surface area contributed by atoms with Crippen LogP contribution in [-0.2, 0) is 0 Å². The molecule has 9 aromatic rings. The van der Waals surface area contributed by atoms with Crippen molar-refractivity contribution in [2.75, 3.05) is 4.90 Å². The van der Waals surface area contributed by atoms with Crippen LogP contribution in [0.3, 0.4) is 0 Å². The van der Waals surface area contributed by atoms with Crippen LogP contribution in [0.25, 0.3) is 58.8 Å². The lowest BCUT2D eigenvalue weighted by molar-refractivity contribution is 1.18. The number of thiophene rings is 1. The lowest BCUT2D eigenvalue weighted by Gasteiger charge is -2.26. The summed E-state index contributed by atoms with van der Waals surface area (Å²) in [5.74, 6) is 0. The van der Waals surface area contributed by atoms with E-state index >= 15 is 0 Å². The second kappa shape index (κ2) is 10.5. The number of anilines is 3. The molecule has 212 valence electrons. The molecular formula is C42H28N2S. The number of hydrogen-bond donors (Lipinski definition) is 0. The van der Waals surface area contributed by atoms with Gasteiger partial charge in [0.05, 0.1) is 27.1 Å². The highest BCUT2D eigenvalue weighted by molar-refractivity contribution is 7.26. The minimum atomic E-state index is 1.13. The maximum Gasteiger partial charge on any atom is 0.0640 e. The zero-order chi connectivity index (χ0) is 29.7. The second-order valence-electron chi connectivity index (χ2n) is 11.4. The van der Waals surface area contributed by atoms with Gasteiger partial charge in [0.1, 0.15) is 0 Å². The second-order valence-corrected chi connectivity index (χ2v) is 12.4. The van der Waals surface area contributed by atoms with Gasteiger partial charge in [0.2, 0.25) is 0 Å². The quantitative estimate of drug-likeness (QED) is 0.193. The van der Waals surface area contributed by atoms with Gasteiger partial charge in [-0.05, 0) is 60.2 Å². The monoisotopic (exact) mass is 592 g/mol. The Hall–Kier alpha value is -5.64. The number of benzene rings is 7. The molecule has 0 spiro atoms. The Morgan fingerprint density at radius 3 is 1.76 bits per heavy atom. The van der Waals surface area contributed by atoms with Crippen molar-refractivity contribution in [3.63, 3.8) is 0 Å². The van der Waals surface area contributed by atoms with Gasteiger partial charge in [0.15, 0.2) is 0 Å². The van der Waals surface area contributed by atoms with E-state index in [4.69, 9.17) is 0 Å². The summed E-state index contributed by atoms with van der Waals surface area (Å²) < 4.78 is 5.01. The molecule has 45 heavy (non-hydrogen) atoms. The number of nitrogens with zero attached hydrogens (tertiary/aromatic N) is 2. The minimum Gasteiger partial charge on any atom is -0.309 e. The van der Waals surface area contributed by atoms with Crippen LogP contribution in [0.4, 0.5) is 17.1 Å². The molecule has 0 aliphatic rings. The summed E-state index contributed by atoms with van der Waals surface area (Å²) in [4.78, 5) is 2.39. The normalized spacial score (nSPS) is 11.6. The van der Waals surface area contributed by atoms with Crippen molar-refractivity contribution in [3.8, 4) is 16.8 Å². The number of rotatable bonds is 5. The summed E-state index contributed by atoms with van der Waals surface area (Å²) in [5.41, 5.74) is 9.46. The van der Waals surface area contributed by atoms with Crippen LogP contribution in [0.5, 0.6) is 0 Å². The van der Waals surface area contributed by atoms with Crippen LogP contribution in [0.1, 0.15) is 0 Å². The van der Waals surface area contributed by atoms with Crippen molar-refractivity contribution < 1.29 is 0 Å². The molecule has 0 radical (unpaired) electrons. The van der Waals surface area contributed by atoms with Gasteiger partial charge in [-0.15, -0.1) is 11.3 Å². The van der Waals surface area contributed by atoms with Gasteiger partial charge in [-0.25, -0.2) is 0 Å². The van der Waals surface area contributed by atoms with E-state index in [2.05, 4.69) is 179 Å². The minimum absolute atomic E-state index is 1.13. The molecule has 7 aromatic carbocycles. The predicted molar refractivity (Wildman–Crippen MR) is 194 cm³/mol. The summed E-state index contributed by atoms with van der Waals surface area (Å²) in [6, 6.07) is 61.3. The molecule has 0 saturated carbocycles. The van der Waals surface area contributed by atoms with Crippen molar-refractivity contribution in [3.05, 3.63) is 170 Å². The first-order chi connectivity index (χ1) is 22.3. The van der Waals surface area contributed by atoms with Gasteiger partial charge in [-0.3, -0.25) is 0 Å². The molecule has 0 amide bonds. The largest absolute Gasteiger partial charge is 0.309 e. The molecule has 2 heterocycles. The highest BCUT2D eigenvalue weighted by atomic mass is 32.1. The maximum absolute atomic E-state index is 2.41. The highest BCUT2D eigenvalue weighted by Crippen LogP contribution is 2.45. The van der Waals surface area contributed by atoms with Gasteiger partial charge < -0.3 is 9.47 Å². The molecule has 3 heteroatoms. The number of hydrogen-bond acceptors (Lipinski definition) is 2. The van der Waals surface area contributed by atoms with Crippen LogP contribution < -0.4 is 4.90 Å². The Morgan fingerprint density at radius 2 is 1.00 bits per heavy atom. The summed E-state index contributed by atoms with van der Waals surface area (Å²) >= 11 is 1.86. The number of fused-ring (bicyclic) bond motifs is 6. The first-order valence-electron chi connectivity index (χ1n) is 15.3. The van der Waals surface area contributed by atoms with Gasteiger partial charge >= 0.3 is 0 Å². The van der Waals surface area contributed by atoms with E-state index < -0.39 is 0 Å². The summed E-state index contributed by atoms with van der Waals surface area (Å²) in [5, 5.41) is 5.15. The fourth-order valence-corrected chi connectivity index (χ4v) is 8.00. The fraction of sp³-hybridized carbons (Fsp3) is 0. The molecule has 0 aliphatic heterocycles. The average molecular weight is 593 g/mol. The van der Waals surface area contributed by atoms with E-state index in [-0.39, 0.29) is 0 Å². The van der Waals surface area contributed by atoms with Crippen molar-refractivity contribution in [1.29, 1.82) is 0 Å². The molecule has 0 saturated heterocycles. The molecule has 0 aliphatic carbocycles. The first kappa shape index (κ1) is 25.8. The molecule has 0 atom stereocenters. The Labute approximate surface area is 265 Å². The van der Waals surface area contributed by atoms with Crippen LogP contribution in [-0.4, -0.2) is 4.57 Å². The Bertz CT molecular complexity index is 2430. The zero-order valence-corrected chi connectivity index (χ0v) is 25.3.